The van der Waals surface area contributed by atoms with Crippen LogP contribution in [0.2, 0.25) is 0 Å². The smallest absolute Gasteiger partial charge is 0.251 e. The van der Waals surface area contributed by atoms with E-state index >= 15 is 0 Å². The average Bonchev–Trinajstić information content (AvgIpc) is 3.41. The zero-order valence-corrected chi connectivity index (χ0v) is 14.4. The number of hydrogen-bond donors (Lipinski definition) is 1. The fraction of sp³-hybridized carbons (Fsp3) is 0.100. The average molecular weight is 359 g/mol. The second kappa shape index (κ2) is 7.65. The number of oxazole rings is 1. The minimum atomic E-state index is -0.130. The molecule has 2 aromatic carbocycles. The van der Waals surface area contributed by atoms with Crippen molar-refractivity contribution in [2.75, 3.05) is 0 Å². The zero-order chi connectivity index (χ0) is 18.5. The first-order chi connectivity index (χ1) is 13.3. The quantitative estimate of drug-likeness (QED) is 0.572. The number of hydrogen-bond acceptors (Lipinski definition) is 5. The highest BCUT2D eigenvalue weighted by Gasteiger charge is 2.09. The van der Waals surface area contributed by atoms with Gasteiger partial charge in [0.25, 0.3) is 5.91 Å². The van der Waals surface area contributed by atoms with E-state index in [1.807, 2.05) is 36.4 Å². The molecular formula is C20H17N5O2. The Hall–Kier alpha value is -3.74. The van der Waals surface area contributed by atoms with E-state index in [0.717, 1.165) is 16.7 Å². The molecule has 0 radical (unpaired) electrons. The molecule has 0 spiro atoms. The molecule has 27 heavy (non-hydrogen) atoms. The second-order valence-corrected chi connectivity index (χ2v) is 5.99. The van der Waals surface area contributed by atoms with Crippen molar-refractivity contribution in [1.82, 2.24) is 25.1 Å². The molecule has 134 valence electrons. The maximum absolute atomic E-state index is 12.5. The summed E-state index contributed by atoms with van der Waals surface area (Å²) in [6, 6.07) is 15.2. The van der Waals surface area contributed by atoms with Gasteiger partial charge < -0.3 is 9.73 Å². The van der Waals surface area contributed by atoms with Crippen LogP contribution in [0, 0.1) is 0 Å². The molecule has 2 heterocycles. The van der Waals surface area contributed by atoms with E-state index in [4.69, 9.17) is 4.42 Å². The van der Waals surface area contributed by atoms with Crippen LogP contribution in [0.4, 0.5) is 0 Å². The van der Waals surface area contributed by atoms with E-state index in [2.05, 4.69) is 20.4 Å². The number of carbonyl (C=O) groups excluding carboxylic acids is 1. The van der Waals surface area contributed by atoms with Crippen LogP contribution in [0.15, 0.2) is 78.2 Å². The zero-order valence-electron chi connectivity index (χ0n) is 14.4. The number of carbonyl (C=O) groups is 1. The van der Waals surface area contributed by atoms with E-state index in [-0.39, 0.29) is 5.91 Å². The third-order valence-corrected chi connectivity index (χ3v) is 4.22. The van der Waals surface area contributed by atoms with Gasteiger partial charge in [-0.15, -0.1) is 0 Å². The summed E-state index contributed by atoms with van der Waals surface area (Å²) < 4.78 is 7.01. The Kier molecular flexibility index (Phi) is 4.74. The first kappa shape index (κ1) is 16.7. The van der Waals surface area contributed by atoms with Gasteiger partial charge in [0.2, 0.25) is 0 Å². The fourth-order valence-corrected chi connectivity index (χ4v) is 2.79. The first-order valence-electron chi connectivity index (χ1n) is 8.46. The van der Waals surface area contributed by atoms with Crippen LogP contribution in [-0.2, 0) is 13.1 Å². The van der Waals surface area contributed by atoms with Gasteiger partial charge in [0.05, 0.1) is 12.7 Å². The van der Waals surface area contributed by atoms with Crippen LogP contribution >= 0.6 is 0 Å². The van der Waals surface area contributed by atoms with Gasteiger partial charge in [-0.25, -0.2) is 14.6 Å². The maximum atomic E-state index is 12.5. The molecule has 1 amide bonds. The van der Waals surface area contributed by atoms with Crippen molar-refractivity contribution in [2.24, 2.45) is 0 Å². The predicted molar refractivity (Wildman–Crippen MR) is 98.7 cm³/mol. The molecule has 0 unspecified atom stereocenters. The second-order valence-electron chi connectivity index (χ2n) is 5.99. The number of aromatic nitrogens is 4. The molecule has 7 nitrogen and oxygen atoms in total. The third-order valence-electron chi connectivity index (χ3n) is 4.22. The number of amides is 1. The van der Waals surface area contributed by atoms with E-state index in [9.17, 15) is 4.79 Å². The lowest BCUT2D eigenvalue weighted by atomic mass is 10.1. The minimum Gasteiger partial charge on any atom is -0.444 e. The minimum absolute atomic E-state index is 0.130. The van der Waals surface area contributed by atoms with Crippen LogP contribution in [0.5, 0.6) is 0 Å². The van der Waals surface area contributed by atoms with E-state index in [0.29, 0.717) is 24.4 Å². The molecular weight excluding hydrogens is 342 g/mol. The van der Waals surface area contributed by atoms with E-state index in [1.165, 1.54) is 12.7 Å². The fourth-order valence-electron chi connectivity index (χ4n) is 2.79. The summed E-state index contributed by atoms with van der Waals surface area (Å²) in [4.78, 5) is 20.3. The van der Waals surface area contributed by atoms with Gasteiger partial charge in [-0.2, -0.15) is 5.10 Å². The number of nitrogens with zero attached hydrogens (tertiary/aromatic N) is 4. The number of benzene rings is 2. The summed E-state index contributed by atoms with van der Waals surface area (Å²) in [5.74, 6) is 0.540. The highest BCUT2D eigenvalue weighted by atomic mass is 16.3. The summed E-state index contributed by atoms with van der Waals surface area (Å²) in [5.41, 5.74) is 3.60. The van der Waals surface area contributed by atoms with Crippen molar-refractivity contribution in [2.45, 2.75) is 13.1 Å². The number of nitrogens with one attached hydrogen (secondary N) is 1. The van der Waals surface area contributed by atoms with Crippen LogP contribution < -0.4 is 5.32 Å². The van der Waals surface area contributed by atoms with Gasteiger partial charge in [-0.05, 0) is 23.3 Å². The maximum Gasteiger partial charge on any atom is 0.251 e. The Labute approximate surface area is 155 Å². The standard InChI is InChI=1S/C20H17N5O2/c26-20(16-7-5-15(6-8-16)19-10-21-14-27-19)23-9-17-3-1-2-4-18(17)11-25-13-22-12-24-25/h1-8,10,12-14H,9,11H2,(H,23,26). The molecule has 2 aromatic heterocycles. The van der Waals surface area contributed by atoms with Crippen LogP contribution in [0.3, 0.4) is 0 Å². The molecule has 0 atom stereocenters. The molecule has 4 aromatic rings. The summed E-state index contributed by atoms with van der Waals surface area (Å²) in [6.45, 7) is 1.05. The monoisotopic (exact) mass is 359 g/mol. The molecule has 0 aliphatic heterocycles. The van der Waals surface area contributed by atoms with Crippen LogP contribution in [0.25, 0.3) is 11.3 Å². The van der Waals surface area contributed by atoms with Gasteiger partial charge in [0.15, 0.2) is 12.2 Å². The summed E-state index contributed by atoms with van der Waals surface area (Å²) in [7, 11) is 0. The Bertz CT molecular complexity index is 1010. The van der Waals surface area contributed by atoms with Crippen LogP contribution in [-0.4, -0.2) is 25.7 Å². The van der Waals surface area contributed by atoms with Gasteiger partial charge >= 0.3 is 0 Å². The molecule has 0 aliphatic carbocycles. The highest BCUT2D eigenvalue weighted by Crippen LogP contribution is 2.19. The van der Waals surface area contributed by atoms with Gasteiger partial charge in [0.1, 0.15) is 12.7 Å². The normalized spacial score (nSPS) is 10.7. The molecule has 7 heteroatoms. The third kappa shape index (κ3) is 3.92. The molecule has 1 N–H and O–H groups in total. The number of rotatable bonds is 6. The van der Waals surface area contributed by atoms with Crippen molar-refractivity contribution < 1.29 is 9.21 Å². The lowest BCUT2D eigenvalue weighted by Crippen LogP contribution is -2.23. The van der Waals surface area contributed by atoms with Gasteiger partial charge in [0, 0.05) is 17.7 Å². The van der Waals surface area contributed by atoms with Crippen molar-refractivity contribution >= 4 is 5.91 Å². The predicted octanol–water partition coefficient (Wildman–Crippen LogP) is 2.91. The molecule has 0 aliphatic rings. The van der Waals surface area contributed by atoms with E-state index in [1.54, 1.807) is 29.3 Å². The van der Waals surface area contributed by atoms with Crippen LogP contribution in [0.1, 0.15) is 21.5 Å². The van der Waals surface area contributed by atoms with Gasteiger partial charge in [-0.3, -0.25) is 4.79 Å². The summed E-state index contributed by atoms with van der Waals surface area (Å²) >= 11 is 0. The van der Waals surface area contributed by atoms with Crippen molar-refractivity contribution in [1.29, 1.82) is 0 Å². The van der Waals surface area contributed by atoms with Crippen molar-refractivity contribution in [3.63, 3.8) is 0 Å². The lowest BCUT2D eigenvalue weighted by molar-refractivity contribution is 0.0951. The SMILES string of the molecule is O=C(NCc1ccccc1Cn1cncn1)c1ccc(-c2cnco2)cc1. The Balaban J connectivity index is 1.42. The Morgan fingerprint density at radius 3 is 2.56 bits per heavy atom. The summed E-state index contributed by atoms with van der Waals surface area (Å²) in [6.07, 6.45) is 6.20. The largest absolute Gasteiger partial charge is 0.444 e. The first-order valence-corrected chi connectivity index (χ1v) is 8.46. The van der Waals surface area contributed by atoms with Gasteiger partial charge in [-0.1, -0.05) is 36.4 Å². The van der Waals surface area contributed by atoms with Crippen molar-refractivity contribution in [3.8, 4) is 11.3 Å². The highest BCUT2D eigenvalue weighted by molar-refractivity contribution is 5.94. The van der Waals surface area contributed by atoms with Crippen molar-refractivity contribution in [3.05, 3.63) is 90.5 Å². The topological polar surface area (TPSA) is 85.8 Å². The lowest BCUT2D eigenvalue weighted by Gasteiger charge is -2.11. The van der Waals surface area contributed by atoms with E-state index < -0.39 is 0 Å². The Morgan fingerprint density at radius 1 is 1.04 bits per heavy atom. The molecule has 0 saturated carbocycles. The summed E-state index contributed by atoms with van der Waals surface area (Å²) in [5, 5.41) is 7.10. The molecule has 0 fully saturated rings. The molecule has 0 bridgehead atoms. The molecule has 0 saturated heterocycles. The Morgan fingerprint density at radius 2 is 1.85 bits per heavy atom. The molecule has 4 rings (SSSR count).